The number of nitriles is 1. The molecule has 0 spiro atoms. The average molecular weight is 456 g/mol. The van der Waals surface area contributed by atoms with Crippen LogP contribution >= 0.6 is 11.3 Å². The van der Waals surface area contributed by atoms with E-state index in [1.165, 1.54) is 10.6 Å². The summed E-state index contributed by atoms with van der Waals surface area (Å²) in [5.74, 6) is 0.00605. The molecular formula is C26H25N5OS. The van der Waals surface area contributed by atoms with Gasteiger partial charge in [-0.3, -0.25) is 15.1 Å². The molecule has 2 aliphatic heterocycles. The van der Waals surface area contributed by atoms with Crippen molar-refractivity contribution < 1.29 is 4.79 Å². The van der Waals surface area contributed by atoms with Gasteiger partial charge in [-0.05, 0) is 53.8 Å². The Bertz CT molecular complexity index is 1260. The van der Waals surface area contributed by atoms with Gasteiger partial charge in [-0.15, -0.1) is 11.3 Å². The van der Waals surface area contributed by atoms with Crippen molar-refractivity contribution in [1.82, 2.24) is 10.2 Å². The number of hydrogen-bond acceptors (Lipinski definition) is 5. The third kappa shape index (κ3) is 3.57. The molecular weight excluding hydrogens is 430 g/mol. The van der Waals surface area contributed by atoms with Gasteiger partial charge in [0, 0.05) is 36.6 Å². The Morgan fingerprint density at radius 2 is 1.88 bits per heavy atom. The second-order valence-electron chi connectivity index (χ2n) is 8.94. The van der Waals surface area contributed by atoms with Crippen LogP contribution in [0, 0.1) is 28.6 Å². The van der Waals surface area contributed by atoms with E-state index >= 15 is 0 Å². The fraction of sp³-hybridized carbons (Fsp3) is 0.269. The number of carbonyl (C=O) groups excluding carboxylic acids is 1. The van der Waals surface area contributed by atoms with Gasteiger partial charge in [0.25, 0.3) is 0 Å². The molecule has 5 rings (SSSR count). The molecule has 3 aromatic rings. The first-order valence-corrected chi connectivity index (χ1v) is 11.8. The molecule has 2 aliphatic rings. The zero-order valence-corrected chi connectivity index (χ0v) is 19.4. The molecule has 0 saturated carbocycles. The quantitative estimate of drug-likeness (QED) is 0.616. The molecule has 0 bridgehead atoms. The SMILES string of the molecule is CN1C(=N)N[C@](C)(c2cc(-c3cccc(C#N)c3)cs2)[C@H](C2CN(c3ccccc3)C2)C1=O. The molecule has 3 heterocycles. The first-order chi connectivity index (χ1) is 15.9. The molecule has 1 amide bonds. The van der Waals surface area contributed by atoms with Crippen molar-refractivity contribution in [1.29, 1.82) is 10.7 Å². The molecule has 7 heteroatoms. The Morgan fingerprint density at radius 3 is 2.61 bits per heavy atom. The minimum Gasteiger partial charge on any atom is -0.371 e. The van der Waals surface area contributed by atoms with Crippen molar-refractivity contribution in [3.63, 3.8) is 0 Å². The number of carbonyl (C=O) groups is 1. The number of guanidine groups is 1. The number of hydrogen-bond donors (Lipinski definition) is 2. The van der Waals surface area contributed by atoms with Crippen molar-refractivity contribution in [2.24, 2.45) is 11.8 Å². The highest BCUT2D eigenvalue weighted by Crippen LogP contribution is 2.45. The maximum Gasteiger partial charge on any atom is 0.235 e. The van der Waals surface area contributed by atoms with Crippen LogP contribution in [0.3, 0.4) is 0 Å². The Morgan fingerprint density at radius 1 is 1.12 bits per heavy atom. The van der Waals surface area contributed by atoms with Crippen molar-refractivity contribution in [2.75, 3.05) is 25.0 Å². The van der Waals surface area contributed by atoms with Gasteiger partial charge in [-0.25, -0.2) is 0 Å². The smallest absolute Gasteiger partial charge is 0.235 e. The first-order valence-electron chi connectivity index (χ1n) is 10.9. The summed E-state index contributed by atoms with van der Waals surface area (Å²) in [6.07, 6.45) is 0. The molecule has 33 heavy (non-hydrogen) atoms. The Kier molecular flexibility index (Phi) is 5.18. The van der Waals surface area contributed by atoms with Gasteiger partial charge in [0.2, 0.25) is 5.91 Å². The summed E-state index contributed by atoms with van der Waals surface area (Å²) in [5.41, 5.74) is 3.11. The van der Waals surface area contributed by atoms with Crippen LogP contribution in [0.5, 0.6) is 0 Å². The Hall–Kier alpha value is -3.63. The normalized spacial score (nSPS) is 23.1. The van der Waals surface area contributed by atoms with Gasteiger partial charge in [0.15, 0.2) is 5.96 Å². The standard InChI is InChI=1S/C26H25N5OS/c1-26(22-12-19(16-33-22)18-8-6-7-17(11-18)13-27)23(24(32)30(2)25(28)29-26)20-14-31(15-20)21-9-4-3-5-10-21/h3-12,16,20,23H,14-15H2,1-2H3,(H2,28,29)/t23-,26-/m1/s1. The summed E-state index contributed by atoms with van der Waals surface area (Å²) in [5, 5.41) is 23.1. The van der Waals surface area contributed by atoms with Crippen LogP contribution in [0.25, 0.3) is 11.1 Å². The van der Waals surface area contributed by atoms with Gasteiger partial charge >= 0.3 is 0 Å². The second kappa shape index (κ2) is 8.05. The molecule has 2 N–H and O–H groups in total. The summed E-state index contributed by atoms with van der Waals surface area (Å²) < 4.78 is 0. The van der Waals surface area contributed by atoms with Crippen molar-refractivity contribution in [3.8, 4) is 17.2 Å². The van der Waals surface area contributed by atoms with Crippen LogP contribution in [0.15, 0.2) is 66.0 Å². The third-order valence-electron chi connectivity index (χ3n) is 6.87. The Balaban J connectivity index is 1.46. The maximum absolute atomic E-state index is 13.5. The summed E-state index contributed by atoms with van der Waals surface area (Å²) in [7, 11) is 1.67. The van der Waals surface area contributed by atoms with Crippen molar-refractivity contribution >= 4 is 28.9 Å². The lowest BCUT2D eigenvalue weighted by molar-refractivity contribution is -0.138. The first kappa shape index (κ1) is 21.2. The molecule has 0 radical (unpaired) electrons. The summed E-state index contributed by atoms with van der Waals surface area (Å²) in [4.78, 5) is 18.2. The van der Waals surface area contributed by atoms with E-state index in [4.69, 9.17) is 5.41 Å². The highest BCUT2D eigenvalue weighted by atomic mass is 32.1. The molecule has 6 nitrogen and oxygen atoms in total. The highest BCUT2D eigenvalue weighted by molar-refractivity contribution is 7.10. The summed E-state index contributed by atoms with van der Waals surface area (Å²) >= 11 is 1.60. The number of anilines is 1. The van der Waals surface area contributed by atoms with Crippen LogP contribution in [0.1, 0.15) is 17.4 Å². The molecule has 2 fully saturated rings. The van der Waals surface area contributed by atoms with Crippen LogP contribution < -0.4 is 10.2 Å². The maximum atomic E-state index is 13.5. The minimum atomic E-state index is -0.677. The van der Waals surface area contributed by atoms with Crippen LogP contribution in [-0.4, -0.2) is 36.9 Å². The van der Waals surface area contributed by atoms with Crippen LogP contribution in [0.2, 0.25) is 0 Å². The van der Waals surface area contributed by atoms with E-state index in [1.54, 1.807) is 24.5 Å². The van der Waals surface area contributed by atoms with Gasteiger partial charge < -0.3 is 10.2 Å². The van der Waals surface area contributed by atoms with Crippen LogP contribution in [-0.2, 0) is 10.3 Å². The monoisotopic (exact) mass is 455 g/mol. The number of rotatable bonds is 4. The van der Waals surface area contributed by atoms with E-state index in [2.05, 4.69) is 39.9 Å². The van der Waals surface area contributed by atoms with Gasteiger partial charge in [-0.1, -0.05) is 30.3 Å². The molecule has 166 valence electrons. The number of nitrogens with zero attached hydrogens (tertiary/aromatic N) is 3. The highest BCUT2D eigenvalue weighted by Gasteiger charge is 2.54. The molecule has 2 aromatic carbocycles. The van der Waals surface area contributed by atoms with E-state index in [1.807, 2.05) is 43.3 Å². The van der Waals surface area contributed by atoms with Gasteiger partial charge in [0.05, 0.1) is 23.1 Å². The second-order valence-corrected chi connectivity index (χ2v) is 9.85. The molecule has 2 saturated heterocycles. The molecule has 2 atom stereocenters. The van der Waals surface area contributed by atoms with E-state index in [0.29, 0.717) is 5.56 Å². The number of benzene rings is 2. The third-order valence-corrected chi connectivity index (χ3v) is 8.04. The fourth-order valence-electron chi connectivity index (χ4n) is 4.96. The predicted octanol–water partition coefficient (Wildman–Crippen LogP) is 4.25. The van der Waals surface area contributed by atoms with E-state index < -0.39 is 5.54 Å². The van der Waals surface area contributed by atoms with Gasteiger partial charge in [-0.2, -0.15) is 5.26 Å². The van der Waals surface area contributed by atoms with E-state index in [9.17, 15) is 10.1 Å². The predicted molar refractivity (Wildman–Crippen MR) is 131 cm³/mol. The molecule has 1 aromatic heterocycles. The lowest BCUT2D eigenvalue weighted by Gasteiger charge is -2.53. The molecule has 0 unspecified atom stereocenters. The summed E-state index contributed by atoms with van der Waals surface area (Å²) in [6.45, 7) is 3.66. The lowest BCUT2D eigenvalue weighted by Crippen LogP contribution is -2.69. The largest absolute Gasteiger partial charge is 0.371 e. The average Bonchev–Trinajstić information content (AvgIpc) is 3.31. The Labute approximate surface area is 197 Å². The fourth-order valence-corrected chi connectivity index (χ4v) is 6.04. The zero-order chi connectivity index (χ0) is 23.2. The van der Waals surface area contributed by atoms with Crippen molar-refractivity contribution in [3.05, 3.63) is 76.5 Å². The number of nitrogens with one attached hydrogen (secondary N) is 2. The zero-order valence-electron chi connectivity index (χ0n) is 18.6. The van der Waals surface area contributed by atoms with E-state index in [-0.39, 0.29) is 23.7 Å². The number of thiophene rings is 1. The number of para-hydroxylation sites is 1. The van der Waals surface area contributed by atoms with Crippen LogP contribution in [0.4, 0.5) is 5.69 Å². The van der Waals surface area contributed by atoms with Gasteiger partial charge in [0.1, 0.15) is 0 Å². The lowest BCUT2D eigenvalue weighted by atomic mass is 9.70. The van der Waals surface area contributed by atoms with E-state index in [0.717, 1.165) is 29.1 Å². The minimum absolute atomic E-state index is 0.0135. The van der Waals surface area contributed by atoms with Crippen molar-refractivity contribution in [2.45, 2.75) is 12.5 Å². The summed E-state index contributed by atoms with van der Waals surface area (Å²) in [6, 6.07) is 22.1. The molecule has 0 aliphatic carbocycles. The topological polar surface area (TPSA) is 83.2 Å². The number of amides is 1.